The SMILES string of the molecule is CN(C)CCOc1cc(C(=O)Nc2cccc(-c3cc4ncn(C)c4cc3C(F)(F)F)c2)ccc1[N+](=O)[O-]. The van der Waals surface area contributed by atoms with Crippen LogP contribution in [-0.4, -0.2) is 52.5 Å². The van der Waals surface area contributed by atoms with Crippen LogP contribution in [0.15, 0.2) is 60.9 Å². The number of rotatable bonds is 8. The molecule has 0 aliphatic carbocycles. The summed E-state index contributed by atoms with van der Waals surface area (Å²) in [5.41, 5.74) is 0.122. The van der Waals surface area contributed by atoms with E-state index in [4.69, 9.17) is 4.74 Å². The number of fused-ring (bicyclic) bond motifs is 1. The van der Waals surface area contributed by atoms with Gasteiger partial charge in [0.05, 0.1) is 27.8 Å². The Morgan fingerprint density at radius 3 is 2.61 bits per heavy atom. The van der Waals surface area contributed by atoms with E-state index in [1.54, 1.807) is 7.05 Å². The Morgan fingerprint density at radius 1 is 1.16 bits per heavy atom. The molecule has 4 rings (SSSR count). The van der Waals surface area contributed by atoms with Gasteiger partial charge in [-0.25, -0.2) is 4.98 Å². The van der Waals surface area contributed by atoms with Crippen LogP contribution in [-0.2, 0) is 13.2 Å². The summed E-state index contributed by atoms with van der Waals surface area (Å²) in [7, 11) is 5.26. The third-order valence-corrected chi connectivity index (χ3v) is 5.82. The maximum atomic E-state index is 13.9. The standard InChI is InChI=1S/C26H24F3N5O4/c1-32(2)9-10-38-24-12-17(7-8-22(24)34(36)37)25(35)31-18-6-4-5-16(11-18)19-13-21-23(33(3)15-30-21)14-20(19)26(27,28)29/h4-8,11-15H,9-10H2,1-3H3,(H,31,35). The fourth-order valence-electron chi connectivity index (χ4n) is 3.87. The van der Waals surface area contributed by atoms with Crippen molar-refractivity contribution in [3.63, 3.8) is 0 Å². The largest absolute Gasteiger partial charge is 0.485 e. The molecular formula is C26H24F3N5O4. The minimum absolute atomic E-state index is 0.0586. The highest BCUT2D eigenvalue weighted by Crippen LogP contribution is 2.40. The second-order valence-electron chi connectivity index (χ2n) is 8.87. The van der Waals surface area contributed by atoms with E-state index in [0.29, 0.717) is 17.6 Å². The fraction of sp³-hybridized carbons (Fsp3) is 0.231. The molecule has 0 atom stereocenters. The smallest absolute Gasteiger partial charge is 0.417 e. The molecule has 38 heavy (non-hydrogen) atoms. The minimum atomic E-state index is -4.62. The van der Waals surface area contributed by atoms with Gasteiger partial charge >= 0.3 is 11.9 Å². The van der Waals surface area contributed by atoms with Gasteiger partial charge in [-0.3, -0.25) is 14.9 Å². The van der Waals surface area contributed by atoms with Crippen molar-refractivity contribution < 1.29 is 27.6 Å². The van der Waals surface area contributed by atoms with Crippen molar-refractivity contribution in [3.8, 4) is 16.9 Å². The summed E-state index contributed by atoms with van der Waals surface area (Å²) < 4.78 is 48.8. The van der Waals surface area contributed by atoms with Crippen LogP contribution in [0.25, 0.3) is 22.2 Å². The van der Waals surface area contributed by atoms with E-state index in [-0.39, 0.29) is 40.4 Å². The van der Waals surface area contributed by atoms with Gasteiger partial charge in [-0.15, -0.1) is 0 Å². The van der Waals surface area contributed by atoms with E-state index in [0.717, 1.165) is 6.07 Å². The highest BCUT2D eigenvalue weighted by atomic mass is 19.4. The van der Waals surface area contributed by atoms with E-state index < -0.39 is 22.6 Å². The highest BCUT2D eigenvalue weighted by Gasteiger charge is 2.34. The average Bonchev–Trinajstić information content (AvgIpc) is 3.22. The molecular weight excluding hydrogens is 503 g/mol. The molecule has 1 amide bonds. The van der Waals surface area contributed by atoms with E-state index in [2.05, 4.69) is 10.3 Å². The molecule has 1 aromatic heterocycles. The van der Waals surface area contributed by atoms with Gasteiger partial charge in [-0.05, 0) is 55.6 Å². The van der Waals surface area contributed by atoms with E-state index in [1.165, 1.54) is 59.4 Å². The summed E-state index contributed by atoms with van der Waals surface area (Å²) in [6.07, 6.45) is -3.18. The number of halogens is 3. The summed E-state index contributed by atoms with van der Waals surface area (Å²) in [5, 5.41) is 14.0. The van der Waals surface area contributed by atoms with Gasteiger partial charge in [0.15, 0.2) is 5.75 Å². The van der Waals surface area contributed by atoms with E-state index >= 15 is 0 Å². The van der Waals surface area contributed by atoms with Crippen molar-refractivity contribution in [2.24, 2.45) is 7.05 Å². The summed E-state index contributed by atoms with van der Waals surface area (Å²) in [4.78, 5) is 29.7. The molecule has 0 saturated carbocycles. The average molecular weight is 528 g/mol. The second kappa shape index (κ2) is 10.5. The number of carbonyl (C=O) groups is 1. The number of benzene rings is 3. The lowest BCUT2D eigenvalue weighted by Crippen LogP contribution is -2.20. The number of hydrogen-bond donors (Lipinski definition) is 1. The molecule has 198 valence electrons. The van der Waals surface area contributed by atoms with Crippen molar-refractivity contribution in [1.82, 2.24) is 14.5 Å². The number of carbonyl (C=O) groups excluding carboxylic acids is 1. The monoisotopic (exact) mass is 527 g/mol. The van der Waals surface area contributed by atoms with Crippen molar-refractivity contribution >= 4 is 28.3 Å². The topological polar surface area (TPSA) is 103 Å². The van der Waals surface area contributed by atoms with Crippen LogP contribution in [0.1, 0.15) is 15.9 Å². The molecule has 0 saturated heterocycles. The van der Waals surface area contributed by atoms with E-state index in [9.17, 15) is 28.1 Å². The number of aromatic nitrogens is 2. The lowest BCUT2D eigenvalue weighted by Gasteiger charge is -2.15. The first-order valence-corrected chi connectivity index (χ1v) is 11.4. The molecule has 3 aromatic carbocycles. The number of aryl methyl sites for hydroxylation is 1. The number of ether oxygens (including phenoxy) is 1. The summed E-state index contributed by atoms with van der Waals surface area (Å²) in [5.74, 6) is -0.664. The highest BCUT2D eigenvalue weighted by molar-refractivity contribution is 6.05. The molecule has 1 heterocycles. The van der Waals surface area contributed by atoms with Gasteiger partial charge in [-0.2, -0.15) is 13.2 Å². The first kappa shape index (κ1) is 26.6. The van der Waals surface area contributed by atoms with Crippen LogP contribution in [0.4, 0.5) is 24.5 Å². The number of nitro groups is 1. The minimum Gasteiger partial charge on any atom is -0.485 e. The Labute approximate surface area is 215 Å². The van der Waals surface area contributed by atoms with Crippen LogP contribution in [0.2, 0.25) is 0 Å². The molecule has 0 bridgehead atoms. The Kier molecular flexibility index (Phi) is 7.35. The number of nitrogens with one attached hydrogen (secondary N) is 1. The number of alkyl halides is 3. The Morgan fingerprint density at radius 2 is 1.92 bits per heavy atom. The number of nitro benzene ring substituents is 1. The first-order chi connectivity index (χ1) is 17.9. The Bertz CT molecular complexity index is 1510. The molecule has 0 aliphatic rings. The third-order valence-electron chi connectivity index (χ3n) is 5.82. The van der Waals surface area contributed by atoms with Gasteiger partial charge in [0.25, 0.3) is 5.91 Å². The molecule has 0 fully saturated rings. The predicted octanol–water partition coefficient (Wildman–Crippen LogP) is 5.36. The van der Waals surface area contributed by atoms with Crippen molar-refractivity contribution in [2.75, 3.05) is 32.6 Å². The molecule has 0 aliphatic heterocycles. The molecule has 12 heteroatoms. The van der Waals surface area contributed by atoms with Crippen molar-refractivity contribution in [3.05, 3.63) is 82.2 Å². The van der Waals surface area contributed by atoms with Crippen LogP contribution >= 0.6 is 0 Å². The van der Waals surface area contributed by atoms with Gasteiger partial charge in [0, 0.05) is 37.0 Å². The lowest BCUT2D eigenvalue weighted by molar-refractivity contribution is -0.385. The molecule has 9 nitrogen and oxygen atoms in total. The number of nitrogens with zero attached hydrogens (tertiary/aromatic N) is 4. The van der Waals surface area contributed by atoms with Crippen LogP contribution in [0.3, 0.4) is 0 Å². The van der Waals surface area contributed by atoms with Gasteiger partial charge < -0.3 is 19.5 Å². The van der Waals surface area contributed by atoms with Gasteiger partial charge in [-0.1, -0.05) is 12.1 Å². The molecule has 4 aromatic rings. The quantitative estimate of drug-likeness (QED) is 0.245. The van der Waals surface area contributed by atoms with Crippen molar-refractivity contribution in [1.29, 1.82) is 0 Å². The summed E-state index contributed by atoms with van der Waals surface area (Å²) >= 11 is 0. The predicted molar refractivity (Wildman–Crippen MR) is 136 cm³/mol. The second-order valence-corrected chi connectivity index (χ2v) is 8.87. The van der Waals surface area contributed by atoms with Crippen LogP contribution in [0.5, 0.6) is 5.75 Å². The summed E-state index contributed by atoms with van der Waals surface area (Å²) in [6, 6.07) is 12.1. The molecule has 0 radical (unpaired) electrons. The lowest BCUT2D eigenvalue weighted by atomic mass is 9.98. The zero-order valence-electron chi connectivity index (χ0n) is 20.7. The molecule has 0 unspecified atom stereocenters. The number of anilines is 1. The maximum absolute atomic E-state index is 13.9. The Hall–Kier alpha value is -4.45. The zero-order chi connectivity index (χ0) is 27.6. The van der Waals surface area contributed by atoms with Crippen LogP contribution in [0, 0.1) is 10.1 Å². The molecule has 0 spiro atoms. The maximum Gasteiger partial charge on any atom is 0.417 e. The zero-order valence-corrected chi connectivity index (χ0v) is 20.7. The van der Waals surface area contributed by atoms with Gasteiger partial charge in [0.1, 0.15) is 6.61 Å². The van der Waals surface area contributed by atoms with Crippen molar-refractivity contribution in [2.45, 2.75) is 6.18 Å². The van der Waals surface area contributed by atoms with E-state index in [1.807, 2.05) is 19.0 Å². The normalized spacial score (nSPS) is 11.7. The fourth-order valence-corrected chi connectivity index (χ4v) is 3.87. The number of amides is 1. The summed E-state index contributed by atoms with van der Waals surface area (Å²) in [6.45, 7) is 0.674. The third kappa shape index (κ3) is 5.75. The Balaban J connectivity index is 1.64. The molecule has 1 N–H and O–H groups in total. The first-order valence-electron chi connectivity index (χ1n) is 11.4. The van der Waals surface area contributed by atoms with Gasteiger partial charge in [0.2, 0.25) is 0 Å². The number of likely N-dealkylation sites (N-methyl/N-ethyl adjacent to an activating group) is 1. The number of imidazole rings is 1. The van der Waals surface area contributed by atoms with Crippen LogP contribution < -0.4 is 10.1 Å². The number of hydrogen-bond acceptors (Lipinski definition) is 6.